The number of carbonyl (C=O) groups excluding carboxylic acids is 2. The van der Waals surface area contributed by atoms with Crippen LogP contribution in [0.1, 0.15) is 13.3 Å². The Labute approximate surface area is 120 Å². The van der Waals surface area contributed by atoms with Crippen molar-refractivity contribution >= 4 is 40.7 Å². The van der Waals surface area contributed by atoms with Crippen molar-refractivity contribution in [3.63, 3.8) is 0 Å². The van der Waals surface area contributed by atoms with Crippen LogP contribution in [0.3, 0.4) is 0 Å². The third-order valence-corrected chi connectivity index (χ3v) is 2.43. The molecule has 0 aromatic heterocycles. The molecule has 1 aromatic carbocycles. The zero-order valence-electron chi connectivity index (χ0n) is 11.0. The van der Waals surface area contributed by atoms with Gasteiger partial charge < -0.3 is 15.4 Å². The van der Waals surface area contributed by atoms with Gasteiger partial charge in [-0.3, -0.25) is 10.1 Å². The predicted octanol–water partition coefficient (Wildman–Crippen LogP) is 2.23. The molecule has 0 heterocycles. The van der Waals surface area contributed by atoms with Gasteiger partial charge in [-0.2, -0.15) is 0 Å². The van der Waals surface area contributed by atoms with Crippen LogP contribution in [-0.4, -0.2) is 24.2 Å². The van der Waals surface area contributed by atoms with Crippen LogP contribution in [0.25, 0.3) is 0 Å². The fourth-order valence-electron chi connectivity index (χ4n) is 1.26. The van der Waals surface area contributed by atoms with Gasteiger partial charge in [-0.25, -0.2) is 9.18 Å². The molecule has 1 rings (SSSR count). The number of hydrogen-bond donors (Lipinski definition) is 3. The van der Waals surface area contributed by atoms with Gasteiger partial charge in [0.25, 0.3) is 0 Å². The molecule has 0 spiro atoms. The van der Waals surface area contributed by atoms with E-state index in [0.717, 1.165) is 6.07 Å². The molecule has 108 valence electrons. The zero-order valence-corrected chi connectivity index (χ0v) is 11.8. The Morgan fingerprint density at radius 3 is 2.60 bits per heavy atom. The van der Waals surface area contributed by atoms with E-state index in [1.54, 1.807) is 6.92 Å². The zero-order chi connectivity index (χ0) is 15.1. The highest BCUT2D eigenvalue weighted by molar-refractivity contribution is 7.80. The highest BCUT2D eigenvalue weighted by Gasteiger charge is 2.10. The molecular formula is C12H14FN3O3S. The molecular weight excluding hydrogens is 285 g/mol. The summed E-state index contributed by atoms with van der Waals surface area (Å²) < 4.78 is 17.6. The molecule has 0 aliphatic heterocycles. The Hall–Kier alpha value is -2.22. The summed E-state index contributed by atoms with van der Waals surface area (Å²) >= 11 is 4.88. The molecule has 0 fully saturated rings. The summed E-state index contributed by atoms with van der Waals surface area (Å²) in [7, 11) is 1.20. The third-order valence-electron chi connectivity index (χ3n) is 2.23. The van der Waals surface area contributed by atoms with Crippen LogP contribution in [0, 0.1) is 5.82 Å². The summed E-state index contributed by atoms with van der Waals surface area (Å²) in [6, 6.07) is 3.74. The fraction of sp³-hybridized carbons (Fsp3) is 0.250. The highest BCUT2D eigenvalue weighted by atomic mass is 32.1. The molecule has 0 saturated heterocycles. The van der Waals surface area contributed by atoms with Gasteiger partial charge in [0.2, 0.25) is 5.91 Å². The first-order valence-corrected chi connectivity index (χ1v) is 6.12. The summed E-state index contributed by atoms with van der Waals surface area (Å²) in [5.74, 6) is -0.778. The molecule has 0 atom stereocenters. The first-order chi connectivity index (χ1) is 9.46. The lowest BCUT2D eigenvalue weighted by atomic mass is 10.2. The number of hydrogen-bond acceptors (Lipinski definition) is 4. The normalized spacial score (nSPS) is 9.55. The average Bonchev–Trinajstić information content (AvgIpc) is 2.41. The number of thiocarbonyl (C=S) groups is 1. The Balaban J connectivity index is 2.85. The molecule has 20 heavy (non-hydrogen) atoms. The van der Waals surface area contributed by atoms with Gasteiger partial charge in [-0.1, -0.05) is 6.92 Å². The molecule has 0 aliphatic rings. The number of halogens is 1. The summed E-state index contributed by atoms with van der Waals surface area (Å²) in [5, 5.41) is 7.41. The first-order valence-electron chi connectivity index (χ1n) is 5.71. The molecule has 6 nitrogen and oxygen atoms in total. The molecule has 0 radical (unpaired) electrons. The lowest BCUT2D eigenvalue weighted by molar-refractivity contribution is -0.115. The van der Waals surface area contributed by atoms with Crippen molar-refractivity contribution in [3.05, 3.63) is 24.0 Å². The highest BCUT2D eigenvalue weighted by Crippen LogP contribution is 2.23. The van der Waals surface area contributed by atoms with Crippen molar-refractivity contribution in [1.82, 2.24) is 5.32 Å². The topological polar surface area (TPSA) is 79.5 Å². The second kappa shape index (κ2) is 7.39. The number of benzene rings is 1. The van der Waals surface area contributed by atoms with Crippen LogP contribution in [0.5, 0.6) is 0 Å². The van der Waals surface area contributed by atoms with Gasteiger partial charge in [0, 0.05) is 6.42 Å². The van der Waals surface area contributed by atoms with Crippen molar-refractivity contribution < 1.29 is 18.7 Å². The van der Waals surface area contributed by atoms with E-state index in [1.165, 1.54) is 19.2 Å². The molecule has 0 unspecified atom stereocenters. The van der Waals surface area contributed by atoms with Gasteiger partial charge >= 0.3 is 6.09 Å². The van der Waals surface area contributed by atoms with Crippen LogP contribution >= 0.6 is 12.2 Å². The van der Waals surface area contributed by atoms with Gasteiger partial charge in [0.1, 0.15) is 5.82 Å². The van der Waals surface area contributed by atoms with E-state index < -0.39 is 11.9 Å². The van der Waals surface area contributed by atoms with Gasteiger partial charge in [-0.15, -0.1) is 0 Å². The van der Waals surface area contributed by atoms with Crippen molar-refractivity contribution in [2.75, 3.05) is 17.7 Å². The van der Waals surface area contributed by atoms with E-state index in [2.05, 4.69) is 20.7 Å². The van der Waals surface area contributed by atoms with E-state index in [9.17, 15) is 14.0 Å². The predicted molar refractivity (Wildman–Crippen MR) is 77.1 cm³/mol. The fourth-order valence-corrected chi connectivity index (χ4v) is 1.46. The van der Waals surface area contributed by atoms with Crippen molar-refractivity contribution in [2.45, 2.75) is 13.3 Å². The number of rotatable bonds is 3. The third kappa shape index (κ3) is 4.81. The molecule has 2 amide bonds. The van der Waals surface area contributed by atoms with E-state index in [4.69, 9.17) is 12.2 Å². The summed E-state index contributed by atoms with van der Waals surface area (Å²) in [6.07, 6.45) is -0.482. The number of nitrogens with one attached hydrogen (secondary N) is 3. The molecule has 0 aliphatic carbocycles. The Morgan fingerprint density at radius 2 is 2.00 bits per heavy atom. The maximum absolute atomic E-state index is 13.2. The quantitative estimate of drug-likeness (QED) is 0.746. The van der Waals surface area contributed by atoms with E-state index in [-0.39, 0.29) is 23.1 Å². The van der Waals surface area contributed by atoms with Crippen LogP contribution in [0.4, 0.5) is 20.6 Å². The van der Waals surface area contributed by atoms with Crippen LogP contribution < -0.4 is 16.0 Å². The number of methoxy groups -OCH3 is 1. The molecule has 8 heteroatoms. The standard InChI is InChI=1S/C12H14FN3O3S/c1-3-10(17)14-9-6-7(13)4-5-8(9)15-11(20)16-12(18)19-2/h4-6H,3H2,1-2H3,(H,14,17)(H2,15,16,18,20). The minimum Gasteiger partial charge on any atom is -0.453 e. The maximum Gasteiger partial charge on any atom is 0.413 e. The second-order valence-electron chi connectivity index (χ2n) is 3.66. The minimum absolute atomic E-state index is 0.0320. The lowest BCUT2D eigenvalue weighted by Gasteiger charge is -2.13. The maximum atomic E-state index is 13.2. The Morgan fingerprint density at radius 1 is 1.30 bits per heavy atom. The summed E-state index contributed by atoms with van der Waals surface area (Å²) in [4.78, 5) is 22.4. The van der Waals surface area contributed by atoms with E-state index >= 15 is 0 Å². The minimum atomic E-state index is -0.733. The SMILES string of the molecule is CCC(=O)Nc1cc(F)ccc1NC(=S)NC(=O)OC. The average molecular weight is 299 g/mol. The number of amides is 2. The number of carbonyl (C=O) groups is 2. The second-order valence-corrected chi connectivity index (χ2v) is 4.07. The Bertz CT molecular complexity index is 537. The smallest absolute Gasteiger partial charge is 0.413 e. The Kier molecular flexibility index (Phi) is 5.85. The molecule has 0 saturated carbocycles. The van der Waals surface area contributed by atoms with Crippen LogP contribution in [-0.2, 0) is 9.53 Å². The summed E-state index contributed by atoms with van der Waals surface area (Å²) in [5.41, 5.74) is 0.584. The lowest BCUT2D eigenvalue weighted by Crippen LogP contribution is -2.34. The monoisotopic (exact) mass is 299 g/mol. The largest absolute Gasteiger partial charge is 0.453 e. The van der Waals surface area contributed by atoms with Crippen molar-refractivity contribution in [1.29, 1.82) is 0 Å². The number of alkyl carbamates (subject to hydrolysis) is 1. The van der Waals surface area contributed by atoms with Crippen molar-refractivity contribution in [2.24, 2.45) is 0 Å². The number of anilines is 2. The van der Waals surface area contributed by atoms with Gasteiger partial charge in [-0.05, 0) is 30.4 Å². The van der Waals surface area contributed by atoms with Gasteiger partial charge in [0.15, 0.2) is 5.11 Å². The van der Waals surface area contributed by atoms with Crippen LogP contribution in [0.15, 0.2) is 18.2 Å². The molecule has 1 aromatic rings. The molecule has 3 N–H and O–H groups in total. The van der Waals surface area contributed by atoms with Gasteiger partial charge in [0.05, 0.1) is 18.5 Å². The first kappa shape index (κ1) is 15.8. The van der Waals surface area contributed by atoms with Crippen LogP contribution in [0.2, 0.25) is 0 Å². The van der Waals surface area contributed by atoms with E-state index in [0.29, 0.717) is 5.69 Å². The molecule has 0 bridgehead atoms. The number of ether oxygens (including phenoxy) is 1. The van der Waals surface area contributed by atoms with E-state index in [1.807, 2.05) is 0 Å². The summed E-state index contributed by atoms with van der Waals surface area (Å²) in [6.45, 7) is 1.67. The van der Waals surface area contributed by atoms with Crippen molar-refractivity contribution in [3.8, 4) is 0 Å².